The minimum absolute atomic E-state index is 0.320. The zero-order valence-electron chi connectivity index (χ0n) is 12.8. The highest BCUT2D eigenvalue weighted by Crippen LogP contribution is 2.09. The van der Waals surface area contributed by atoms with Crippen molar-refractivity contribution < 1.29 is 14.6 Å². The van der Waals surface area contributed by atoms with Crippen LogP contribution in [0.5, 0.6) is 0 Å². The van der Waals surface area contributed by atoms with Gasteiger partial charge in [-0.2, -0.15) is 0 Å². The van der Waals surface area contributed by atoms with E-state index in [1.54, 1.807) is 25.8 Å². The molecule has 0 unspecified atom stereocenters. The van der Waals surface area contributed by atoms with Gasteiger partial charge in [-0.05, 0) is 41.7 Å². The van der Waals surface area contributed by atoms with E-state index in [1.807, 2.05) is 32.7 Å². The lowest BCUT2D eigenvalue weighted by atomic mass is 10.1. The molecular weight excluding hydrogens is 232 g/mol. The van der Waals surface area contributed by atoms with Crippen LogP contribution in [0.1, 0.15) is 34.6 Å². The fraction of sp³-hybridized carbons (Fsp3) is 0.923. The molecule has 0 saturated heterocycles. The summed E-state index contributed by atoms with van der Waals surface area (Å²) in [7, 11) is 3.63. The average molecular weight is 260 g/mol. The summed E-state index contributed by atoms with van der Waals surface area (Å²) < 4.78 is 5.25. The molecule has 0 spiro atoms. The summed E-state index contributed by atoms with van der Waals surface area (Å²) in [4.78, 5) is 15.2. The van der Waals surface area contributed by atoms with Crippen molar-refractivity contribution in [2.75, 3.05) is 33.7 Å². The number of nitrogens with zero attached hydrogens (tertiary/aromatic N) is 2. The molecule has 1 amide bonds. The maximum atomic E-state index is 11.7. The van der Waals surface area contributed by atoms with Gasteiger partial charge in [-0.1, -0.05) is 0 Å². The van der Waals surface area contributed by atoms with E-state index in [9.17, 15) is 9.90 Å². The van der Waals surface area contributed by atoms with Crippen molar-refractivity contribution in [3.8, 4) is 0 Å². The molecule has 0 aliphatic carbocycles. The van der Waals surface area contributed by atoms with Crippen molar-refractivity contribution in [2.24, 2.45) is 0 Å². The van der Waals surface area contributed by atoms with Crippen LogP contribution in [0.15, 0.2) is 0 Å². The third kappa shape index (κ3) is 9.24. The second-order valence-corrected chi connectivity index (χ2v) is 6.45. The molecule has 1 N–H and O–H groups in total. The molecule has 0 heterocycles. The summed E-state index contributed by atoms with van der Waals surface area (Å²) in [6.07, 6.45) is -0.320. The Kier molecular flexibility index (Phi) is 6.10. The van der Waals surface area contributed by atoms with Crippen molar-refractivity contribution in [3.05, 3.63) is 0 Å². The van der Waals surface area contributed by atoms with Gasteiger partial charge in [-0.25, -0.2) is 4.79 Å². The highest BCUT2D eigenvalue weighted by Gasteiger charge is 2.20. The summed E-state index contributed by atoms with van der Waals surface area (Å²) in [5.41, 5.74) is -1.19. The van der Waals surface area contributed by atoms with E-state index in [4.69, 9.17) is 4.74 Å². The fourth-order valence-corrected chi connectivity index (χ4v) is 1.49. The van der Waals surface area contributed by atoms with Crippen LogP contribution in [0.4, 0.5) is 4.79 Å². The fourth-order valence-electron chi connectivity index (χ4n) is 1.49. The Balaban J connectivity index is 4.03. The molecule has 0 saturated carbocycles. The number of ether oxygens (including phenoxy) is 1. The summed E-state index contributed by atoms with van der Waals surface area (Å²) in [5.74, 6) is 0. The number of likely N-dealkylation sites (N-methyl/N-ethyl adjacent to an activating group) is 2. The van der Waals surface area contributed by atoms with Crippen LogP contribution in [0, 0.1) is 0 Å². The van der Waals surface area contributed by atoms with Gasteiger partial charge in [-0.15, -0.1) is 0 Å². The molecule has 0 aromatic heterocycles. The first-order chi connectivity index (χ1) is 7.91. The first-order valence-corrected chi connectivity index (χ1v) is 6.26. The second-order valence-electron chi connectivity index (χ2n) is 6.45. The molecule has 0 aromatic rings. The van der Waals surface area contributed by atoms with Crippen molar-refractivity contribution >= 4 is 6.09 Å². The Bertz CT molecular complexity index is 266. The van der Waals surface area contributed by atoms with Crippen molar-refractivity contribution in [2.45, 2.75) is 45.8 Å². The van der Waals surface area contributed by atoms with Gasteiger partial charge >= 0.3 is 6.09 Å². The van der Waals surface area contributed by atoms with Gasteiger partial charge in [0, 0.05) is 26.7 Å². The highest BCUT2D eigenvalue weighted by molar-refractivity contribution is 5.67. The molecule has 0 rings (SSSR count). The van der Waals surface area contributed by atoms with Crippen LogP contribution in [0.2, 0.25) is 0 Å². The zero-order chi connectivity index (χ0) is 14.6. The van der Waals surface area contributed by atoms with Crippen LogP contribution < -0.4 is 0 Å². The molecule has 0 aliphatic heterocycles. The van der Waals surface area contributed by atoms with Crippen LogP contribution in [-0.4, -0.2) is 65.9 Å². The lowest BCUT2D eigenvalue weighted by Crippen LogP contribution is -2.42. The zero-order valence-corrected chi connectivity index (χ0v) is 12.8. The van der Waals surface area contributed by atoms with E-state index in [0.717, 1.165) is 0 Å². The maximum absolute atomic E-state index is 11.7. The summed E-state index contributed by atoms with van der Waals surface area (Å²) in [6, 6.07) is 0. The van der Waals surface area contributed by atoms with E-state index in [0.29, 0.717) is 19.6 Å². The molecule has 108 valence electrons. The number of hydrogen-bond donors (Lipinski definition) is 1. The first kappa shape index (κ1) is 17.2. The normalized spacial score (nSPS) is 12.7. The second kappa shape index (κ2) is 6.38. The molecule has 0 bridgehead atoms. The largest absolute Gasteiger partial charge is 0.444 e. The summed E-state index contributed by atoms with van der Waals surface area (Å²) in [5, 5.41) is 9.67. The third-order valence-electron chi connectivity index (χ3n) is 2.18. The van der Waals surface area contributed by atoms with Crippen LogP contribution >= 0.6 is 0 Å². The predicted molar refractivity (Wildman–Crippen MR) is 72.7 cm³/mol. The quantitative estimate of drug-likeness (QED) is 0.815. The Labute approximate surface area is 111 Å². The molecule has 18 heavy (non-hydrogen) atoms. The number of rotatable bonds is 5. The summed E-state index contributed by atoms with van der Waals surface area (Å²) >= 11 is 0. The van der Waals surface area contributed by atoms with Gasteiger partial charge in [0.15, 0.2) is 0 Å². The van der Waals surface area contributed by atoms with Crippen LogP contribution in [0.3, 0.4) is 0 Å². The standard InChI is InChI=1S/C13H28N2O3/c1-12(2,3)18-11(16)15(7)9-8-14(6)10-13(4,5)17/h17H,8-10H2,1-7H3. The van der Waals surface area contributed by atoms with Gasteiger partial charge in [0.2, 0.25) is 0 Å². The van der Waals surface area contributed by atoms with E-state index in [-0.39, 0.29) is 6.09 Å². The smallest absolute Gasteiger partial charge is 0.410 e. The SMILES string of the molecule is CN(CCN(C)C(=O)OC(C)(C)C)CC(C)(C)O. The van der Waals surface area contributed by atoms with Gasteiger partial charge in [0.25, 0.3) is 0 Å². The minimum Gasteiger partial charge on any atom is -0.444 e. The predicted octanol–water partition coefficient (Wildman–Crippen LogP) is 1.56. The minimum atomic E-state index is -0.723. The van der Waals surface area contributed by atoms with Gasteiger partial charge in [0.05, 0.1) is 5.60 Å². The first-order valence-electron chi connectivity index (χ1n) is 6.26. The number of aliphatic hydroxyl groups is 1. The Morgan fingerprint density at radius 3 is 2.00 bits per heavy atom. The Morgan fingerprint density at radius 1 is 1.11 bits per heavy atom. The van der Waals surface area contributed by atoms with E-state index in [1.165, 1.54) is 0 Å². The maximum Gasteiger partial charge on any atom is 0.410 e. The monoisotopic (exact) mass is 260 g/mol. The third-order valence-corrected chi connectivity index (χ3v) is 2.18. The molecule has 0 atom stereocenters. The van der Waals surface area contributed by atoms with Crippen LogP contribution in [-0.2, 0) is 4.74 Å². The van der Waals surface area contributed by atoms with Crippen molar-refractivity contribution in [1.82, 2.24) is 9.80 Å². The molecule has 5 heteroatoms. The number of carbonyl (C=O) groups is 1. The van der Waals surface area contributed by atoms with Gasteiger partial charge in [-0.3, -0.25) is 0 Å². The molecule has 0 aliphatic rings. The lowest BCUT2D eigenvalue weighted by molar-refractivity contribution is 0.0241. The lowest BCUT2D eigenvalue weighted by Gasteiger charge is -2.28. The molecule has 0 fully saturated rings. The van der Waals surface area contributed by atoms with Gasteiger partial charge in [0.1, 0.15) is 5.60 Å². The molecular formula is C13H28N2O3. The molecule has 0 aromatic carbocycles. The van der Waals surface area contributed by atoms with Crippen LogP contribution in [0.25, 0.3) is 0 Å². The average Bonchev–Trinajstić information content (AvgIpc) is 2.08. The Hall–Kier alpha value is -0.810. The van der Waals surface area contributed by atoms with Crippen molar-refractivity contribution in [1.29, 1.82) is 0 Å². The van der Waals surface area contributed by atoms with E-state index < -0.39 is 11.2 Å². The number of hydrogen-bond acceptors (Lipinski definition) is 4. The topological polar surface area (TPSA) is 53.0 Å². The molecule has 0 radical (unpaired) electrons. The summed E-state index contributed by atoms with van der Waals surface area (Å²) in [6.45, 7) is 10.9. The van der Waals surface area contributed by atoms with Crippen molar-refractivity contribution in [3.63, 3.8) is 0 Å². The van der Waals surface area contributed by atoms with E-state index in [2.05, 4.69) is 0 Å². The Morgan fingerprint density at radius 2 is 1.61 bits per heavy atom. The number of amides is 1. The highest BCUT2D eigenvalue weighted by atomic mass is 16.6. The molecule has 5 nitrogen and oxygen atoms in total. The number of carbonyl (C=O) groups excluding carboxylic acids is 1. The van der Waals surface area contributed by atoms with E-state index >= 15 is 0 Å². The van der Waals surface area contributed by atoms with Gasteiger partial charge < -0.3 is 19.6 Å².